The average molecular weight is 264 g/mol. The van der Waals surface area contributed by atoms with Crippen LogP contribution in [0.15, 0.2) is 12.1 Å². The van der Waals surface area contributed by atoms with Crippen molar-refractivity contribution in [1.29, 1.82) is 5.41 Å². The molecule has 1 aromatic rings. The molecule has 0 unspecified atom stereocenters. The fourth-order valence-electron chi connectivity index (χ4n) is 1.72. The van der Waals surface area contributed by atoms with Crippen LogP contribution in [0.3, 0.4) is 0 Å². The van der Waals surface area contributed by atoms with Crippen LogP contribution in [-0.2, 0) is 0 Å². The average Bonchev–Trinajstić information content (AvgIpc) is 2.35. The number of guanidine groups is 1. The molecule has 0 aliphatic rings. The van der Waals surface area contributed by atoms with E-state index >= 15 is 0 Å². The second kappa shape index (κ2) is 6.63. The van der Waals surface area contributed by atoms with Gasteiger partial charge in [-0.1, -0.05) is 6.07 Å². The highest BCUT2D eigenvalue weighted by Gasteiger charge is 2.11. The van der Waals surface area contributed by atoms with Crippen LogP contribution >= 0.6 is 0 Å². The number of anilines is 1. The lowest BCUT2D eigenvalue weighted by atomic mass is 10.1. The van der Waals surface area contributed by atoms with Crippen molar-refractivity contribution >= 4 is 17.7 Å². The molecular formula is C13H20N4O2. The van der Waals surface area contributed by atoms with Crippen molar-refractivity contribution < 1.29 is 9.53 Å². The third-order valence-corrected chi connectivity index (χ3v) is 2.67. The number of hydrogen-bond donors (Lipinski definition) is 4. The number of ether oxygens (including phenoxy) is 1. The van der Waals surface area contributed by atoms with E-state index in [0.29, 0.717) is 18.0 Å². The Morgan fingerprint density at radius 3 is 2.63 bits per heavy atom. The highest BCUT2D eigenvalue weighted by Crippen LogP contribution is 2.28. The molecule has 0 radical (unpaired) electrons. The molecule has 0 spiro atoms. The van der Waals surface area contributed by atoms with Gasteiger partial charge in [0.25, 0.3) is 0 Å². The third kappa shape index (κ3) is 3.87. The van der Waals surface area contributed by atoms with Crippen molar-refractivity contribution in [1.82, 2.24) is 10.6 Å². The van der Waals surface area contributed by atoms with Crippen molar-refractivity contribution in [3.63, 3.8) is 0 Å². The summed E-state index contributed by atoms with van der Waals surface area (Å²) in [5.74, 6) is 0.681. The first-order valence-corrected chi connectivity index (χ1v) is 6.04. The predicted molar refractivity (Wildman–Crippen MR) is 76.0 cm³/mol. The molecule has 6 heteroatoms. The van der Waals surface area contributed by atoms with Gasteiger partial charge in [-0.2, -0.15) is 0 Å². The Hall–Kier alpha value is -2.24. The van der Waals surface area contributed by atoms with Gasteiger partial charge < -0.3 is 15.4 Å². The van der Waals surface area contributed by atoms with E-state index in [1.807, 2.05) is 32.9 Å². The zero-order valence-electron chi connectivity index (χ0n) is 11.7. The summed E-state index contributed by atoms with van der Waals surface area (Å²) in [7, 11) is 1.59. The largest absolute Gasteiger partial charge is 0.496 e. The Bertz CT molecular complexity index is 486. The van der Waals surface area contributed by atoms with Gasteiger partial charge in [0.05, 0.1) is 12.8 Å². The number of hydrogen-bond acceptors (Lipinski definition) is 3. The van der Waals surface area contributed by atoms with E-state index < -0.39 is 6.03 Å². The summed E-state index contributed by atoms with van der Waals surface area (Å²) in [4.78, 5) is 11.8. The van der Waals surface area contributed by atoms with Crippen molar-refractivity contribution in [2.45, 2.75) is 20.8 Å². The summed E-state index contributed by atoms with van der Waals surface area (Å²) in [5, 5.41) is 15.3. The molecule has 6 nitrogen and oxygen atoms in total. The highest BCUT2D eigenvalue weighted by molar-refractivity contribution is 6.02. The number of carbonyl (C=O) groups excluding carboxylic acids is 1. The van der Waals surface area contributed by atoms with Crippen molar-refractivity contribution in [2.24, 2.45) is 0 Å². The fourth-order valence-corrected chi connectivity index (χ4v) is 1.72. The minimum Gasteiger partial charge on any atom is -0.496 e. The third-order valence-electron chi connectivity index (χ3n) is 2.67. The number of amides is 2. The van der Waals surface area contributed by atoms with Gasteiger partial charge in [-0.15, -0.1) is 0 Å². The molecule has 1 rings (SSSR count). The molecule has 0 atom stereocenters. The van der Waals surface area contributed by atoms with Gasteiger partial charge in [0.2, 0.25) is 0 Å². The smallest absolute Gasteiger partial charge is 0.326 e. The van der Waals surface area contributed by atoms with Crippen molar-refractivity contribution in [3.8, 4) is 5.75 Å². The molecule has 0 fully saturated rings. The van der Waals surface area contributed by atoms with Gasteiger partial charge in [0.15, 0.2) is 5.96 Å². The van der Waals surface area contributed by atoms with E-state index in [-0.39, 0.29) is 5.96 Å². The lowest BCUT2D eigenvalue weighted by Gasteiger charge is -2.15. The second-order valence-corrected chi connectivity index (χ2v) is 4.07. The summed E-state index contributed by atoms with van der Waals surface area (Å²) in [6, 6.07) is 3.27. The van der Waals surface area contributed by atoms with Crippen LogP contribution in [-0.4, -0.2) is 25.6 Å². The monoisotopic (exact) mass is 264 g/mol. The SMILES string of the molecule is CCNC(=N)NC(=O)Nc1c(C)ccc(OC)c1C. The number of aryl methyl sites for hydroxylation is 1. The quantitative estimate of drug-likeness (QED) is 0.497. The van der Waals surface area contributed by atoms with Crippen LogP contribution in [0.5, 0.6) is 5.75 Å². The summed E-state index contributed by atoms with van der Waals surface area (Å²) < 4.78 is 5.22. The lowest BCUT2D eigenvalue weighted by molar-refractivity contribution is 0.255. The van der Waals surface area contributed by atoms with Crippen LogP contribution < -0.4 is 20.7 Å². The van der Waals surface area contributed by atoms with Crippen LogP contribution in [0.25, 0.3) is 0 Å². The molecular weight excluding hydrogens is 244 g/mol. The molecule has 1 aromatic carbocycles. The Morgan fingerprint density at radius 1 is 1.37 bits per heavy atom. The molecule has 0 saturated heterocycles. The van der Waals surface area contributed by atoms with Crippen molar-refractivity contribution in [2.75, 3.05) is 19.0 Å². The Balaban J connectivity index is 2.82. The van der Waals surface area contributed by atoms with Gasteiger partial charge in [-0.05, 0) is 32.4 Å². The number of benzene rings is 1. The van der Waals surface area contributed by atoms with Crippen molar-refractivity contribution in [3.05, 3.63) is 23.3 Å². The maximum absolute atomic E-state index is 11.8. The molecule has 0 saturated carbocycles. The number of methoxy groups -OCH3 is 1. The molecule has 2 amide bonds. The van der Waals surface area contributed by atoms with Gasteiger partial charge in [0.1, 0.15) is 5.75 Å². The normalized spacial score (nSPS) is 9.68. The molecule has 0 aliphatic heterocycles. The number of carbonyl (C=O) groups is 1. The summed E-state index contributed by atoms with van der Waals surface area (Å²) in [6.07, 6.45) is 0. The molecule has 0 heterocycles. The van der Waals surface area contributed by atoms with E-state index in [4.69, 9.17) is 10.1 Å². The minimum absolute atomic E-state index is 0.0294. The molecule has 19 heavy (non-hydrogen) atoms. The van der Waals surface area contributed by atoms with Gasteiger partial charge in [0, 0.05) is 12.1 Å². The van der Waals surface area contributed by atoms with Crippen LogP contribution in [0.1, 0.15) is 18.1 Å². The molecule has 4 N–H and O–H groups in total. The molecule has 104 valence electrons. The number of rotatable bonds is 3. The standard InChI is InChI=1S/C13H20N4O2/c1-5-15-12(14)17-13(18)16-11-8(2)6-7-10(19-4)9(11)3/h6-7H,5H2,1-4H3,(H4,14,15,16,17,18). The number of nitrogens with one attached hydrogen (secondary N) is 4. The predicted octanol–water partition coefficient (Wildman–Crippen LogP) is 1.98. The topological polar surface area (TPSA) is 86.2 Å². The highest BCUT2D eigenvalue weighted by atomic mass is 16.5. The maximum atomic E-state index is 11.8. The first-order chi connectivity index (χ1) is 8.99. The van der Waals surface area contributed by atoms with Crippen LogP contribution in [0.2, 0.25) is 0 Å². The zero-order chi connectivity index (χ0) is 14.4. The molecule has 0 aromatic heterocycles. The van der Waals surface area contributed by atoms with E-state index in [2.05, 4.69) is 16.0 Å². The first kappa shape index (κ1) is 14.8. The van der Waals surface area contributed by atoms with E-state index in [0.717, 1.165) is 11.1 Å². The van der Waals surface area contributed by atoms with Crippen LogP contribution in [0.4, 0.5) is 10.5 Å². The van der Waals surface area contributed by atoms with Gasteiger partial charge in [-0.3, -0.25) is 10.7 Å². The maximum Gasteiger partial charge on any atom is 0.326 e. The second-order valence-electron chi connectivity index (χ2n) is 4.07. The Labute approximate surface area is 113 Å². The molecule has 0 bridgehead atoms. The number of urea groups is 1. The summed E-state index contributed by atoms with van der Waals surface area (Å²) in [6.45, 7) is 6.20. The van der Waals surface area contributed by atoms with E-state index in [1.54, 1.807) is 7.11 Å². The van der Waals surface area contributed by atoms with Gasteiger partial charge >= 0.3 is 6.03 Å². The van der Waals surface area contributed by atoms with Gasteiger partial charge in [-0.25, -0.2) is 4.79 Å². The molecule has 0 aliphatic carbocycles. The van der Waals surface area contributed by atoms with Crippen LogP contribution in [0, 0.1) is 19.3 Å². The summed E-state index contributed by atoms with van der Waals surface area (Å²) in [5.41, 5.74) is 2.48. The Morgan fingerprint density at radius 2 is 2.05 bits per heavy atom. The zero-order valence-corrected chi connectivity index (χ0v) is 11.7. The lowest BCUT2D eigenvalue weighted by Crippen LogP contribution is -2.42. The fraction of sp³-hybridized carbons (Fsp3) is 0.385. The minimum atomic E-state index is -0.453. The van der Waals surface area contributed by atoms with E-state index in [1.165, 1.54) is 0 Å². The summed E-state index contributed by atoms with van der Waals surface area (Å²) >= 11 is 0. The first-order valence-electron chi connectivity index (χ1n) is 6.04. The Kier molecular flexibility index (Phi) is 5.17. The van der Waals surface area contributed by atoms with E-state index in [9.17, 15) is 4.79 Å².